The zero-order valence-corrected chi connectivity index (χ0v) is 11.3. The van der Waals surface area contributed by atoms with Gasteiger partial charge in [-0.05, 0) is 34.7 Å². The van der Waals surface area contributed by atoms with Crippen LogP contribution in [0.15, 0.2) is 10.7 Å². The molecule has 90 valence electrons. The van der Waals surface area contributed by atoms with Crippen LogP contribution < -0.4 is 5.73 Å². The topological polar surface area (TPSA) is 53.1 Å². The highest BCUT2D eigenvalue weighted by molar-refractivity contribution is 9.10. The first-order valence-corrected chi connectivity index (χ1v) is 6.49. The Kier molecular flexibility index (Phi) is 3.54. The molecule has 0 bridgehead atoms. The maximum absolute atomic E-state index is 5.97. The third-order valence-electron chi connectivity index (χ3n) is 3.16. The smallest absolute Gasteiger partial charge is 0.136 e. The number of anilines is 1. The number of ether oxygens (including phenoxy) is 1. The number of nitrogens with two attached hydrogens (primary N) is 1. The first kappa shape index (κ1) is 11.9. The summed E-state index contributed by atoms with van der Waals surface area (Å²) in [4.78, 5) is 0. The second-order valence-electron chi connectivity index (χ2n) is 4.65. The predicted molar refractivity (Wildman–Crippen MR) is 67.2 cm³/mol. The molecule has 0 aliphatic carbocycles. The molecule has 0 aromatic carbocycles. The summed E-state index contributed by atoms with van der Waals surface area (Å²) in [5.74, 6) is 1.26. The van der Waals surface area contributed by atoms with Crippen molar-refractivity contribution in [2.45, 2.75) is 38.8 Å². The van der Waals surface area contributed by atoms with E-state index in [9.17, 15) is 0 Å². The lowest BCUT2D eigenvalue weighted by atomic mass is 9.95. The van der Waals surface area contributed by atoms with Crippen LogP contribution in [-0.4, -0.2) is 22.5 Å². The molecule has 1 saturated heterocycles. The van der Waals surface area contributed by atoms with Crippen LogP contribution in [0.3, 0.4) is 0 Å². The van der Waals surface area contributed by atoms with E-state index < -0.39 is 0 Å². The van der Waals surface area contributed by atoms with Crippen molar-refractivity contribution in [3.8, 4) is 0 Å². The summed E-state index contributed by atoms with van der Waals surface area (Å²) in [6.45, 7) is 5.18. The van der Waals surface area contributed by atoms with Gasteiger partial charge in [-0.1, -0.05) is 13.8 Å². The quantitative estimate of drug-likeness (QED) is 0.910. The van der Waals surface area contributed by atoms with Gasteiger partial charge in [0.15, 0.2) is 0 Å². The second-order valence-corrected chi connectivity index (χ2v) is 5.51. The van der Waals surface area contributed by atoms with Crippen molar-refractivity contribution in [3.05, 3.63) is 10.7 Å². The van der Waals surface area contributed by atoms with Crippen LogP contribution in [0.25, 0.3) is 0 Å². The molecule has 0 radical (unpaired) electrons. The standard InChI is InChI=1S/C11H18BrN3O/c1-7(2)10-5-8(3-4-16-10)15-11(13)9(12)6-14-15/h6-8,10H,3-5,13H2,1-2H3. The van der Waals surface area contributed by atoms with E-state index in [1.165, 1.54) is 0 Å². The third-order valence-corrected chi connectivity index (χ3v) is 3.77. The molecule has 1 aromatic rings. The first-order valence-electron chi connectivity index (χ1n) is 5.69. The molecule has 2 atom stereocenters. The average Bonchev–Trinajstić information content (AvgIpc) is 2.60. The number of nitrogens with zero attached hydrogens (tertiary/aromatic N) is 2. The van der Waals surface area contributed by atoms with Gasteiger partial charge in [-0.25, -0.2) is 4.68 Å². The molecule has 1 aliphatic heterocycles. The SMILES string of the molecule is CC(C)C1CC(n2ncc(Br)c2N)CCO1. The van der Waals surface area contributed by atoms with Crippen molar-refractivity contribution in [2.75, 3.05) is 12.3 Å². The van der Waals surface area contributed by atoms with Gasteiger partial charge in [0.05, 0.1) is 22.8 Å². The van der Waals surface area contributed by atoms with Gasteiger partial charge in [0, 0.05) is 6.61 Å². The van der Waals surface area contributed by atoms with Crippen molar-refractivity contribution in [2.24, 2.45) is 5.92 Å². The van der Waals surface area contributed by atoms with Crippen LogP contribution >= 0.6 is 15.9 Å². The molecule has 1 aromatic heterocycles. The molecule has 5 heteroatoms. The van der Waals surface area contributed by atoms with Gasteiger partial charge < -0.3 is 10.5 Å². The average molecular weight is 288 g/mol. The minimum Gasteiger partial charge on any atom is -0.383 e. The molecule has 16 heavy (non-hydrogen) atoms. The summed E-state index contributed by atoms with van der Waals surface area (Å²) < 4.78 is 8.54. The maximum Gasteiger partial charge on any atom is 0.136 e. The van der Waals surface area contributed by atoms with Crippen LogP contribution in [0.5, 0.6) is 0 Å². The summed E-state index contributed by atoms with van der Waals surface area (Å²) in [6, 6.07) is 0.368. The van der Waals surface area contributed by atoms with Gasteiger partial charge in [0.2, 0.25) is 0 Å². The Morgan fingerprint density at radius 2 is 2.38 bits per heavy atom. The normalized spacial score (nSPS) is 26.2. The molecule has 2 unspecified atom stereocenters. The Balaban J connectivity index is 2.13. The fourth-order valence-corrected chi connectivity index (χ4v) is 2.41. The first-order chi connectivity index (χ1) is 7.59. The van der Waals surface area contributed by atoms with E-state index in [2.05, 4.69) is 34.9 Å². The van der Waals surface area contributed by atoms with Gasteiger partial charge >= 0.3 is 0 Å². The lowest BCUT2D eigenvalue weighted by Gasteiger charge is -2.32. The van der Waals surface area contributed by atoms with Crippen LogP contribution in [0.2, 0.25) is 0 Å². The summed E-state index contributed by atoms with van der Waals surface area (Å²) in [5, 5.41) is 4.32. The summed E-state index contributed by atoms with van der Waals surface area (Å²) in [6.07, 6.45) is 4.06. The zero-order chi connectivity index (χ0) is 11.7. The summed E-state index contributed by atoms with van der Waals surface area (Å²) >= 11 is 3.39. The van der Waals surface area contributed by atoms with E-state index in [1.54, 1.807) is 6.20 Å². The molecule has 2 heterocycles. The number of rotatable bonds is 2. The summed E-state index contributed by atoms with van der Waals surface area (Å²) in [7, 11) is 0. The predicted octanol–water partition coefficient (Wildman–Crippen LogP) is 2.60. The lowest BCUT2D eigenvalue weighted by molar-refractivity contribution is -0.0324. The Hall–Kier alpha value is -0.550. The van der Waals surface area contributed by atoms with E-state index in [0.717, 1.165) is 29.7 Å². The fourth-order valence-electron chi connectivity index (χ4n) is 2.14. The Labute approximate surface area is 104 Å². The van der Waals surface area contributed by atoms with Crippen molar-refractivity contribution in [1.82, 2.24) is 9.78 Å². The van der Waals surface area contributed by atoms with E-state index in [-0.39, 0.29) is 0 Å². The van der Waals surface area contributed by atoms with Gasteiger partial charge in [-0.3, -0.25) is 0 Å². The lowest BCUT2D eigenvalue weighted by Crippen LogP contribution is -2.32. The van der Waals surface area contributed by atoms with Crippen molar-refractivity contribution in [3.63, 3.8) is 0 Å². The Morgan fingerprint density at radius 3 is 2.94 bits per heavy atom. The third kappa shape index (κ3) is 2.25. The van der Waals surface area contributed by atoms with Crippen molar-refractivity contribution in [1.29, 1.82) is 0 Å². The molecule has 2 rings (SSSR count). The van der Waals surface area contributed by atoms with Gasteiger partial charge in [-0.2, -0.15) is 5.10 Å². The molecule has 0 saturated carbocycles. The van der Waals surface area contributed by atoms with Gasteiger partial charge in [0.1, 0.15) is 5.82 Å². The maximum atomic E-state index is 5.97. The minimum atomic E-state index is 0.320. The number of hydrogen-bond donors (Lipinski definition) is 1. The zero-order valence-electron chi connectivity index (χ0n) is 9.69. The summed E-state index contributed by atoms with van der Waals surface area (Å²) in [5.41, 5.74) is 5.97. The number of hydrogen-bond acceptors (Lipinski definition) is 3. The highest BCUT2D eigenvalue weighted by Gasteiger charge is 2.27. The van der Waals surface area contributed by atoms with Crippen LogP contribution in [-0.2, 0) is 4.74 Å². The van der Waals surface area contributed by atoms with Crippen molar-refractivity contribution < 1.29 is 4.74 Å². The highest BCUT2D eigenvalue weighted by atomic mass is 79.9. The van der Waals surface area contributed by atoms with Crippen molar-refractivity contribution >= 4 is 21.7 Å². The van der Waals surface area contributed by atoms with Gasteiger partial charge in [-0.15, -0.1) is 0 Å². The second kappa shape index (κ2) is 4.75. The van der Waals surface area contributed by atoms with Crippen LogP contribution in [0.4, 0.5) is 5.82 Å². The highest BCUT2D eigenvalue weighted by Crippen LogP contribution is 2.31. The Bertz CT molecular complexity index is 364. The van der Waals surface area contributed by atoms with E-state index >= 15 is 0 Å². The largest absolute Gasteiger partial charge is 0.383 e. The molecule has 0 amide bonds. The van der Waals surface area contributed by atoms with Crippen LogP contribution in [0, 0.1) is 5.92 Å². The molecular weight excluding hydrogens is 270 g/mol. The Morgan fingerprint density at radius 1 is 1.62 bits per heavy atom. The van der Waals surface area contributed by atoms with E-state index in [0.29, 0.717) is 18.1 Å². The number of halogens is 1. The van der Waals surface area contributed by atoms with E-state index in [1.807, 2.05) is 4.68 Å². The molecule has 0 spiro atoms. The van der Waals surface area contributed by atoms with Crippen LogP contribution in [0.1, 0.15) is 32.7 Å². The molecule has 1 aliphatic rings. The molecule has 2 N–H and O–H groups in total. The monoisotopic (exact) mass is 287 g/mol. The molecule has 1 fully saturated rings. The van der Waals surface area contributed by atoms with Gasteiger partial charge in [0.25, 0.3) is 0 Å². The van der Waals surface area contributed by atoms with E-state index in [4.69, 9.17) is 10.5 Å². The number of nitrogen functional groups attached to an aromatic ring is 1. The molecular formula is C11H18BrN3O. The fraction of sp³-hybridized carbons (Fsp3) is 0.727. The number of aromatic nitrogens is 2. The molecule has 4 nitrogen and oxygen atoms in total. The minimum absolute atomic E-state index is 0.320.